The van der Waals surface area contributed by atoms with E-state index < -0.39 is 12.2 Å². The second-order valence-corrected chi connectivity index (χ2v) is 7.31. The van der Waals surface area contributed by atoms with E-state index >= 15 is 0 Å². The van der Waals surface area contributed by atoms with Crippen LogP contribution in [-0.4, -0.2) is 73.9 Å². The molecule has 0 aromatic heterocycles. The Morgan fingerprint density at radius 2 is 1.96 bits per heavy atom. The zero-order chi connectivity index (χ0) is 20.1. The average molecular weight is 398 g/mol. The van der Waals surface area contributed by atoms with E-state index in [1.807, 2.05) is 25.1 Å². The lowest BCUT2D eigenvalue weighted by Gasteiger charge is -2.39. The molecule has 5 nitrogen and oxygen atoms in total. The number of alkyl halides is 3. The number of nitrogens with zero attached hydrogens (tertiary/aromatic N) is 3. The molecule has 0 spiro atoms. The Kier molecular flexibility index (Phi) is 6.69. The van der Waals surface area contributed by atoms with E-state index in [-0.39, 0.29) is 0 Å². The van der Waals surface area contributed by atoms with Gasteiger partial charge in [0.05, 0.1) is 6.61 Å². The number of hydrogen-bond donors (Lipinski definition) is 1. The molecule has 2 unspecified atom stereocenters. The number of fused-ring (bicyclic) bond motifs is 1. The Hall–Kier alpha value is -1.96. The van der Waals surface area contributed by atoms with Gasteiger partial charge >= 0.3 is 6.18 Å². The molecule has 0 radical (unpaired) electrons. The van der Waals surface area contributed by atoms with Gasteiger partial charge in [-0.2, -0.15) is 13.2 Å². The predicted molar refractivity (Wildman–Crippen MR) is 104 cm³/mol. The number of hydrogen-bond acceptors (Lipinski definition) is 3. The molecule has 1 N–H and O–H groups in total. The van der Waals surface area contributed by atoms with Gasteiger partial charge in [0.2, 0.25) is 0 Å². The van der Waals surface area contributed by atoms with Crippen molar-refractivity contribution >= 4 is 5.96 Å². The summed E-state index contributed by atoms with van der Waals surface area (Å²) in [5, 5.41) is 3.29. The van der Waals surface area contributed by atoms with E-state index in [1.54, 1.807) is 0 Å². The lowest BCUT2D eigenvalue weighted by molar-refractivity contribution is -0.181. The predicted octanol–water partition coefficient (Wildman–Crippen LogP) is 3.09. The van der Waals surface area contributed by atoms with Gasteiger partial charge in [0.25, 0.3) is 0 Å². The van der Waals surface area contributed by atoms with E-state index in [4.69, 9.17) is 9.73 Å². The number of para-hydroxylation sites is 1. The third-order valence-corrected chi connectivity index (χ3v) is 5.51. The van der Waals surface area contributed by atoms with E-state index in [9.17, 15) is 13.2 Å². The first kappa shape index (κ1) is 20.8. The van der Waals surface area contributed by atoms with Gasteiger partial charge in [-0.1, -0.05) is 18.2 Å². The van der Waals surface area contributed by atoms with Gasteiger partial charge < -0.3 is 15.0 Å². The number of halogens is 3. The van der Waals surface area contributed by atoms with Crippen LogP contribution in [0.4, 0.5) is 13.2 Å². The van der Waals surface area contributed by atoms with Crippen molar-refractivity contribution in [2.24, 2.45) is 4.99 Å². The summed E-state index contributed by atoms with van der Waals surface area (Å²) in [5.41, 5.74) is 1.18. The van der Waals surface area contributed by atoms with E-state index in [2.05, 4.69) is 16.3 Å². The average Bonchev–Trinajstić information content (AvgIpc) is 2.70. The Bertz CT molecular complexity index is 672. The zero-order valence-corrected chi connectivity index (χ0v) is 16.5. The quantitative estimate of drug-likeness (QED) is 0.625. The molecule has 2 heterocycles. The Morgan fingerprint density at radius 3 is 2.64 bits per heavy atom. The fraction of sp³-hybridized carbons (Fsp3) is 0.650. The number of ether oxygens (including phenoxy) is 1. The maximum absolute atomic E-state index is 13.0. The largest absolute Gasteiger partial charge is 0.493 e. The fourth-order valence-electron chi connectivity index (χ4n) is 3.76. The Labute approximate surface area is 164 Å². The normalized spacial score (nSPS) is 22.4. The van der Waals surface area contributed by atoms with Crippen LogP contribution in [-0.2, 0) is 0 Å². The van der Waals surface area contributed by atoms with Crippen molar-refractivity contribution in [2.75, 3.05) is 45.9 Å². The van der Waals surface area contributed by atoms with Crippen molar-refractivity contribution in [3.05, 3.63) is 29.8 Å². The molecule has 0 aliphatic carbocycles. The number of piperazine rings is 1. The third kappa shape index (κ3) is 4.90. The molecule has 3 rings (SSSR count). The maximum atomic E-state index is 13.0. The smallest absolute Gasteiger partial charge is 0.403 e. The van der Waals surface area contributed by atoms with E-state index in [1.165, 1.54) is 17.4 Å². The molecule has 8 heteroatoms. The molecule has 1 fully saturated rings. The molecule has 2 atom stereocenters. The van der Waals surface area contributed by atoms with Crippen LogP contribution in [0.15, 0.2) is 29.3 Å². The highest BCUT2D eigenvalue weighted by Crippen LogP contribution is 2.33. The Morgan fingerprint density at radius 1 is 1.25 bits per heavy atom. The second-order valence-electron chi connectivity index (χ2n) is 7.31. The first-order valence-corrected chi connectivity index (χ1v) is 9.96. The van der Waals surface area contributed by atoms with Crippen molar-refractivity contribution in [3.8, 4) is 5.75 Å². The number of rotatable bonds is 4. The topological polar surface area (TPSA) is 40.1 Å². The summed E-state index contributed by atoms with van der Waals surface area (Å²) in [4.78, 5) is 8.37. The molecule has 28 heavy (non-hydrogen) atoms. The van der Waals surface area contributed by atoms with Crippen molar-refractivity contribution in [2.45, 2.75) is 38.4 Å². The summed E-state index contributed by atoms with van der Waals surface area (Å²) in [5.74, 6) is 2.00. The zero-order valence-electron chi connectivity index (χ0n) is 16.5. The summed E-state index contributed by atoms with van der Waals surface area (Å²) < 4.78 is 44.6. The van der Waals surface area contributed by atoms with E-state index in [0.29, 0.717) is 45.2 Å². The minimum Gasteiger partial charge on any atom is -0.493 e. The van der Waals surface area contributed by atoms with Gasteiger partial charge in [-0.05, 0) is 31.9 Å². The third-order valence-electron chi connectivity index (χ3n) is 5.51. The molecule has 1 aromatic carbocycles. The van der Waals surface area contributed by atoms with Crippen LogP contribution in [0.25, 0.3) is 0 Å². The van der Waals surface area contributed by atoms with Crippen LogP contribution in [0, 0.1) is 0 Å². The molecule has 0 saturated carbocycles. The molecule has 2 aliphatic heterocycles. The highest BCUT2D eigenvalue weighted by atomic mass is 19.4. The second kappa shape index (κ2) is 9.03. The lowest BCUT2D eigenvalue weighted by Crippen LogP contribution is -2.56. The van der Waals surface area contributed by atoms with Gasteiger partial charge in [-0.15, -0.1) is 0 Å². The van der Waals surface area contributed by atoms with Crippen molar-refractivity contribution in [3.63, 3.8) is 0 Å². The van der Waals surface area contributed by atoms with Gasteiger partial charge in [-0.3, -0.25) is 9.89 Å². The van der Waals surface area contributed by atoms with Crippen molar-refractivity contribution in [1.82, 2.24) is 15.1 Å². The van der Waals surface area contributed by atoms with Crippen molar-refractivity contribution in [1.29, 1.82) is 0 Å². The van der Waals surface area contributed by atoms with Gasteiger partial charge in [0.15, 0.2) is 5.96 Å². The standard InChI is InChI=1S/C20H29F3N4O/c1-3-24-19(27-11-9-26(10-12-27)15(2)20(21,22)23)25-14-16-8-13-28-18-7-5-4-6-17(16)18/h4-7,15-16H,3,8-14H2,1-2H3,(H,24,25). The summed E-state index contributed by atoms with van der Waals surface area (Å²) in [6.45, 7) is 7.12. The summed E-state index contributed by atoms with van der Waals surface area (Å²) >= 11 is 0. The van der Waals surface area contributed by atoms with Crippen LogP contribution in [0.2, 0.25) is 0 Å². The highest BCUT2D eigenvalue weighted by molar-refractivity contribution is 5.80. The molecular weight excluding hydrogens is 369 g/mol. The van der Waals surface area contributed by atoms with Gasteiger partial charge in [-0.25, -0.2) is 0 Å². The SMILES string of the molecule is CCNC(=NCC1CCOc2ccccc21)N1CCN(C(C)C(F)(F)F)CC1. The minimum absolute atomic E-state index is 0.296. The van der Waals surface area contributed by atoms with Crippen LogP contribution in [0.5, 0.6) is 5.75 Å². The minimum atomic E-state index is -4.18. The van der Waals surface area contributed by atoms with Crippen molar-refractivity contribution < 1.29 is 17.9 Å². The first-order chi connectivity index (χ1) is 13.4. The number of benzene rings is 1. The summed E-state index contributed by atoms with van der Waals surface area (Å²) in [6.07, 6.45) is -3.27. The van der Waals surface area contributed by atoms with Crippen LogP contribution in [0.1, 0.15) is 31.7 Å². The van der Waals surface area contributed by atoms with Crippen LogP contribution < -0.4 is 10.1 Å². The molecule has 1 saturated heterocycles. The maximum Gasteiger partial charge on any atom is 0.403 e. The summed E-state index contributed by atoms with van der Waals surface area (Å²) in [7, 11) is 0. The molecule has 0 amide bonds. The molecule has 156 valence electrons. The lowest BCUT2D eigenvalue weighted by atomic mass is 9.93. The molecule has 1 aromatic rings. The molecule has 0 bridgehead atoms. The number of guanidine groups is 1. The fourth-order valence-corrected chi connectivity index (χ4v) is 3.76. The number of nitrogens with one attached hydrogen (secondary N) is 1. The van der Waals surface area contributed by atoms with Gasteiger partial charge in [0, 0.05) is 45.2 Å². The van der Waals surface area contributed by atoms with Crippen LogP contribution in [0.3, 0.4) is 0 Å². The summed E-state index contributed by atoms with van der Waals surface area (Å²) in [6, 6.07) is 6.64. The number of aliphatic imine (C=N–C) groups is 1. The molecular formula is C20H29F3N4O. The molecule has 2 aliphatic rings. The monoisotopic (exact) mass is 398 g/mol. The van der Waals surface area contributed by atoms with E-state index in [0.717, 1.165) is 24.7 Å². The Balaban J connectivity index is 1.63. The van der Waals surface area contributed by atoms with Gasteiger partial charge in [0.1, 0.15) is 11.8 Å². The van der Waals surface area contributed by atoms with Crippen LogP contribution >= 0.6 is 0 Å². The first-order valence-electron chi connectivity index (χ1n) is 9.96. The highest BCUT2D eigenvalue weighted by Gasteiger charge is 2.41.